The first-order valence-corrected chi connectivity index (χ1v) is 9.52. The molecule has 2 aliphatic heterocycles. The maximum atomic E-state index is 13.6. The van der Waals surface area contributed by atoms with Crippen molar-refractivity contribution in [3.63, 3.8) is 0 Å². The molecule has 0 aromatic heterocycles. The van der Waals surface area contributed by atoms with Gasteiger partial charge in [0.05, 0.1) is 6.04 Å². The molecule has 3 atom stereocenters. The quantitative estimate of drug-likeness (QED) is 0.886. The van der Waals surface area contributed by atoms with Crippen molar-refractivity contribution in [2.45, 2.75) is 43.9 Å². The van der Waals surface area contributed by atoms with Gasteiger partial charge in [0, 0.05) is 25.6 Å². The van der Waals surface area contributed by atoms with Crippen LogP contribution in [0.4, 0.5) is 4.39 Å². The molecule has 2 aliphatic rings. The number of fused-ring (bicyclic) bond motifs is 1. The van der Waals surface area contributed by atoms with Gasteiger partial charge in [0.2, 0.25) is 0 Å². The fourth-order valence-corrected chi connectivity index (χ4v) is 4.34. The number of nitrogens with zero attached hydrogens (tertiary/aromatic N) is 1. The van der Waals surface area contributed by atoms with Crippen LogP contribution in [0.25, 0.3) is 0 Å². The molecular formula is C22H25FN2O2. The number of halogens is 1. The maximum Gasteiger partial charge on any atom is 0.255 e. The van der Waals surface area contributed by atoms with Crippen LogP contribution in [0, 0.1) is 5.82 Å². The zero-order valence-electron chi connectivity index (χ0n) is 15.5. The third kappa shape index (κ3) is 3.37. The molecule has 2 N–H and O–H groups in total. The van der Waals surface area contributed by atoms with E-state index in [0.29, 0.717) is 19.6 Å². The highest BCUT2D eigenvalue weighted by molar-refractivity contribution is 5.86. The average molecular weight is 368 g/mol. The van der Waals surface area contributed by atoms with E-state index in [1.165, 1.54) is 17.7 Å². The number of rotatable bonds is 2. The van der Waals surface area contributed by atoms with E-state index in [2.05, 4.69) is 12.1 Å². The van der Waals surface area contributed by atoms with E-state index in [1.54, 1.807) is 12.1 Å². The summed E-state index contributed by atoms with van der Waals surface area (Å²) >= 11 is 0. The number of carbonyl (C=O) groups is 1. The Hall–Kier alpha value is -2.24. The first-order valence-electron chi connectivity index (χ1n) is 9.52. The Labute approximate surface area is 159 Å². The summed E-state index contributed by atoms with van der Waals surface area (Å²) in [7, 11) is 0. The first kappa shape index (κ1) is 18.1. The Morgan fingerprint density at radius 2 is 1.96 bits per heavy atom. The summed E-state index contributed by atoms with van der Waals surface area (Å²) < 4.78 is 19.4. The monoisotopic (exact) mass is 368 g/mol. The van der Waals surface area contributed by atoms with Gasteiger partial charge in [0.1, 0.15) is 11.4 Å². The van der Waals surface area contributed by atoms with Crippen molar-refractivity contribution in [3.8, 4) is 0 Å². The number of carbonyl (C=O) groups excluding carboxylic acids is 1. The lowest BCUT2D eigenvalue weighted by Crippen LogP contribution is -2.56. The van der Waals surface area contributed by atoms with E-state index < -0.39 is 5.60 Å². The first-order chi connectivity index (χ1) is 13.0. The summed E-state index contributed by atoms with van der Waals surface area (Å²) in [6.45, 7) is 2.94. The smallest absolute Gasteiger partial charge is 0.255 e. The number of hydrogen-bond donors (Lipinski definition) is 1. The lowest BCUT2D eigenvalue weighted by Gasteiger charge is -2.44. The highest BCUT2D eigenvalue weighted by atomic mass is 19.1. The number of amides is 1. The zero-order chi connectivity index (χ0) is 19.0. The third-order valence-corrected chi connectivity index (χ3v) is 5.74. The van der Waals surface area contributed by atoms with Gasteiger partial charge in [-0.3, -0.25) is 4.79 Å². The van der Waals surface area contributed by atoms with Crippen LogP contribution in [0.2, 0.25) is 0 Å². The number of benzene rings is 2. The second kappa shape index (κ2) is 7.06. The van der Waals surface area contributed by atoms with Crippen LogP contribution in [0.3, 0.4) is 0 Å². The minimum Gasteiger partial charge on any atom is -0.365 e. The highest BCUT2D eigenvalue weighted by Gasteiger charge is 2.45. The van der Waals surface area contributed by atoms with E-state index in [1.807, 2.05) is 24.0 Å². The molecule has 0 spiro atoms. The average Bonchev–Trinajstić information content (AvgIpc) is 2.67. The van der Waals surface area contributed by atoms with Crippen molar-refractivity contribution in [3.05, 3.63) is 71.0 Å². The molecule has 1 saturated heterocycles. The molecule has 4 rings (SSSR count). The minimum atomic E-state index is -0.914. The summed E-state index contributed by atoms with van der Waals surface area (Å²) in [5.74, 6) is -0.323. The second-order valence-electron chi connectivity index (χ2n) is 7.73. The predicted molar refractivity (Wildman–Crippen MR) is 102 cm³/mol. The maximum absolute atomic E-state index is 13.6. The Morgan fingerprint density at radius 1 is 1.22 bits per heavy atom. The van der Waals surface area contributed by atoms with Gasteiger partial charge < -0.3 is 15.4 Å². The van der Waals surface area contributed by atoms with Crippen LogP contribution in [-0.2, 0) is 16.0 Å². The Morgan fingerprint density at radius 3 is 2.70 bits per heavy atom. The van der Waals surface area contributed by atoms with Gasteiger partial charge in [-0.2, -0.15) is 0 Å². The molecule has 27 heavy (non-hydrogen) atoms. The Balaban J connectivity index is 1.74. The number of ether oxygens (including phenoxy) is 1. The molecule has 1 fully saturated rings. The van der Waals surface area contributed by atoms with E-state index in [-0.39, 0.29) is 23.8 Å². The SMILES string of the molecule is C[C@@]1(C(=O)N2CCc3ccccc3[C@@H]2c2ccc(F)cc2)C[C@@H](N)CCO1. The van der Waals surface area contributed by atoms with E-state index in [9.17, 15) is 9.18 Å². The lowest BCUT2D eigenvalue weighted by molar-refractivity contribution is -0.165. The van der Waals surface area contributed by atoms with Crippen molar-refractivity contribution >= 4 is 5.91 Å². The number of nitrogens with two attached hydrogens (primary N) is 1. The van der Waals surface area contributed by atoms with Gasteiger partial charge in [-0.25, -0.2) is 4.39 Å². The fraction of sp³-hybridized carbons (Fsp3) is 0.409. The molecule has 0 saturated carbocycles. The van der Waals surface area contributed by atoms with Gasteiger partial charge >= 0.3 is 0 Å². The standard InChI is InChI=1S/C22H25FN2O2/c1-22(14-18(24)11-13-27-22)21(26)25-12-10-15-4-2-3-5-19(15)20(25)16-6-8-17(23)9-7-16/h2-9,18,20H,10-14,24H2,1H3/t18-,20-,22-/m0/s1. The van der Waals surface area contributed by atoms with Gasteiger partial charge in [0.15, 0.2) is 0 Å². The van der Waals surface area contributed by atoms with Crippen molar-refractivity contribution < 1.29 is 13.9 Å². The Kier molecular flexibility index (Phi) is 4.74. The third-order valence-electron chi connectivity index (χ3n) is 5.74. The molecular weight excluding hydrogens is 343 g/mol. The van der Waals surface area contributed by atoms with Crippen molar-refractivity contribution in [2.75, 3.05) is 13.2 Å². The fourth-order valence-electron chi connectivity index (χ4n) is 4.34. The molecule has 2 heterocycles. The molecule has 4 nitrogen and oxygen atoms in total. The van der Waals surface area contributed by atoms with E-state index in [0.717, 1.165) is 24.0 Å². The number of hydrogen-bond acceptors (Lipinski definition) is 3. The van der Waals surface area contributed by atoms with Gasteiger partial charge in [-0.05, 0) is 48.6 Å². The van der Waals surface area contributed by atoms with Crippen molar-refractivity contribution in [1.82, 2.24) is 4.90 Å². The van der Waals surface area contributed by atoms with E-state index >= 15 is 0 Å². The summed E-state index contributed by atoms with van der Waals surface area (Å²) in [4.78, 5) is 15.4. The van der Waals surface area contributed by atoms with E-state index in [4.69, 9.17) is 10.5 Å². The van der Waals surface area contributed by atoms with Crippen LogP contribution in [-0.4, -0.2) is 35.6 Å². The summed E-state index contributed by atoms with van der Waals surface area (Å²) in [5.41, 5.74) is 8.43. The summed E-state index contributed by atoms with van der Waals surface area (Å²) in [5, 5.41) is 0. The Bertz CT molecular complexity index is 838. The second-order valence-corrected chi connectivity index (χ2v) is 7.73. The minimum absolute atomic E-state index is 0.0333. The largest absolute Gasteiger partial charge is 0.365 e. The molecule has 0 radical (unpaired) electrons. The molecule has 0 aliphatic carbocycles. The van der Waals surface area contributed by atoms with Crippen LogP contribution in [0.5, 0.6) is 0 Å². The topological polar surface area (TPSA) is 55.6 Å². The molecule has 1 amide bonds. The molecule has 2 aromatic carbocycles. The molecule has 5 heteroatoms. The molecule has 0 bridgehead atoms. The normalized spacial score (nSPS) is 27.9. The van der Waals surface area contributed by atoms with Crippen LogP contribution in [0.1, 0.15) is 42.5 Å². The van der Waals surface area contributed by atoms with Crippen LogP contribution >= 0.6 is 0 Å². The summed E-state index contributed by atoms with van der Waals surface area (Å²) in [6.07, 6.45) is 2.08. The van der Waals surface area contributed by atoms with Crippen LogP contribution < -0.4 is 5.73 Å². The van der Waals surface area contributed by atoms with Crippen molar-refractivity contribution in [2.24, 2.45) is 5.73 Å². The molecule has 2 aromatic rings. The molecule has 0 unspecified atom stereocenters. The van der Waals surface area contributed by atoms with Crippen LogP contribution in [0.15, 0.2) is 48.5 Å². The predicted octanol–water partition coefficient (Wildman–Crippen LogP) is 3.20. The van der Waals surface area contributed by atoms with Gasteiger partial charge in [-0.15, -0.1) is 0 Å². The highest BCUT2D eigenvalue weighted by Crippen LogP contribution is 2.38. The van der Waals surface area contributed by atoms with Gasteiger partial charge in [-0.1, -0.05) is 36.4 Å². The van der Waals surface area contributed by atoms with Crippen molar-refractivity contribution in [1.29, 1.82) is 0 Å². The van der Waals surface area contributed by atoms with Gasteiger partial charge in [0.25, 0.3) is 5.91 Å². The summed E-state index contributed by atoms with van der Waals surface area (Å²) in [6, 6.07) is 14.3. The molecule has 142 valence electrons. The lowest BCUT2D eigenvalue weighted by atomic mass is 9.85. The zero-order valence-corrected chi connectivity index (χ0v) is 15.5.